The van der Waals surface area contributed by atoms with Crippen molar-refractivity contribution in [2.24, 2.45) is 0 Å². The van der Waals surface area contributed by atoms with Crippen LogP contribution in [-0.2, 0) is 0 Å². The number of nitrogens with one attached hydrogen (secondary N) is 1. The summed E-state index contributed by atoms with van der Waals surface area (Å²) in [6, 6.07) is 6.96. The fourth-order valence-electron chi connectivity index (χ4n) is 1.53. The maximum absolute atomic E-state index is 13.7. The predicted molar refractivity (Wildman–Crippen MR) is 86.2 cm³/mol. The molecule has 2 rings (SSSR count). The quantitative estimate of drug-likeness (QED) is 0.596. The van der Waals surface area contributed by atoms with Crippen LogP contribution >= 0.6 is 50.1 Å². The standard InChI is InChI=1S/C13H6BrClF2INO/c14-6-3-9(16)12(10(17)4-6)13(20)19-11-2-1-7(18)5-8(11)15/h1-5H,(H,19,20). The van der Waals surface area contributed by atoms with Crippen molar-refractivity contribution in [2.45, 2.75) is 0 Å². The maximum atomic E-state index is 13.7. The number of carbonyl (C=O) groups excluding carboxylic acids is 1. The van der Waals surface area contributed by atoms with E-state index < -0.39 is 23.1 Å². The largest absolute Gasteiger partial charge is 0.320 e. The van der Waals surface area contributed by atoms with Gasteiger partial charge in [-0.05, 0) is 52.9 Å². The summed E-state index contributed by atoms with van der Waals surface area (Å²) in [4.78, 5) is 11.9. The predicted octanol–water partition coefficient (Wildman–Crippen LogP) is 5.24. The third-order valence-corrected chi connectivity index (χ3v) is 3.85. The number of hydrogen-bond donors (Lipinski definition) is 1. The van der Waals surface area contributed by atoms with Crippen molar-refractivity contribution >= 4 is 61.7 Å². The first-order valence-electron chi connectivity index (χ1n) is 5.29. The Hall–Kier alpha value is -0.730. The number of amides is 1. The fourth-order valence-corrected chi connectivity index (χ4v) is 2.84. The van der Waals surface area contributed by atoms with Crippen molar-refractivity contribution in [3.63, 3.8) is 0 Å². The van der Waals surface area contributed by atoms with E-state index in [2.05, 4.69) is 43.8 Å². The molecule has 1 amide bonds. The van der Waals surface area contributed by atoms with Crippen molar-refractivity contribution in [1.82, 2.24) is 0 Å². The lowest BCUT2D eigenvalue weighted by atomic mass is 10.2. The highest BCUT2D eigenvalue weighted by Crippen LogP contribution is 2.26. The minimum Gasteiger partial charge on any atom is -0.320 e. The van der Waals surface area contributed by atoms with Crippen molar-refractivity contribution in [3.05, 3.63) is 60.6 Å². The lowest BCUT2D eigenvalue weighted by Crippen LogP contribution is -2.16. The average molecular weight is 472 g/mol. The summed E-state index contributed by atoms with van der Waals surface area (Å²) in [5.41, 5.74) is -0.360. The van der Waals surface area contributed by atoms with E-state index in [0.29, 0.717) is 10.7 Å². The maximum Gasteiger partial charge on any atom is 0.261 e. The molecule has 0 fully saturated rings. The summed E-state index contributed by atoms with van der Waals surface area (Å²) in [6.07, 6.45) is 0. The lowest BCUT2D eigenvalue weighted by Gasteiger charge is -2.09. The van der Waals surface area contributed by atoms with Gasteiger partial charge in [-0.1, -0.05) is 27.5 Å². The van der Waals surface area contributed by atoms with Crippen molar-refractivity contribution in [2.75, 3.05) is 5.32 Å². The second-order valence-electron chi connectivity index (χ2n) is 3.82. The van der Waals surface area contributed by atoms with Crippen LogP contribution in [0.1, 0.15) is 10.4 Å². The Balaban J connectivity index is 2.33. The van der Waals surface area contributed by atoms with Gasteiger partial charge in [0.25, 0.3) is 5.91 Å². The summed E-state index contributed by atoms with van der Waals surface area (Å²) < 4.78 is 28.4. The van der Waals surface area contributed by atoms with E-state index in [-0.39, 0.29) is 4.47 Å². The van der Waals surface area contributed by atoms with Gasteiger partial charge in [0.05, 0.1) is 10.7 Å². The van der Waals surface area contributed by atoms with Gasteiger partial charge in [0.15, 0.2) is 0 Å². The Bertz CT molecular complexity index is 673. The Morgan fingerprint density at radius 1 is 1.20 bits per heavy atom. The molecule has 0 aliphatic heterocycles. The lowest BCUT2D eigenvalue weighted by molar-refractivity contribution is 0.101. The molecule has 0 atom stereocenters. The SMILES string of the molecule is O=C(Nc1ccc(I)cc1Cl)c1c(F)cc(Br)cc1F. The average Bonchev–Trinajstić information content (AvgIpc) is 2.31. The van der Waals surface area contributed by atoms with Crippen LogP contribution in [0.4, 0.5) is 14.5 Å². The molecule has 2 aromatic carbocycles. The van der Waals surface area contributed by atoms with E-state index in [4.69, 9.17) is 11.6 Å². The molecule has 2 aromatic rings. The molecule has 0 saturated heterocycles. The van der Waals surface area contributed by atoms with Crippen molar-refractivity contribution in [1.29, 1.82) is 0 Å². The van der Waals surface area contributed by atoms with Gasteiger partial charge in [-0.3, -0.25) is 4.79 Å². The molecule has 0 bridgehead atoms. The molecule has 0 radical (unpaired) electrons. The van der Waals surface area contributed by atoms with Gasteiger partial charge in [-0.15, -0.1) is 0 Å². The van der Waals surface area contributed by atoms with Gasteiger partial charge >= 0.3 is 0 Å². The minimum absolute atomic E-state index is 0.219. The molecule has 0 spiro atoms. The van der Waals surface area contributed by atoms with Crippen LogP contribution in [0, 0.1) is 15.2 Å². The molecule has 0 unspecified atom stereocenters. The second-order valence-corrected chi connectivity index (χ2v) is 6.39. The van der Waals surface area contributed by atoms with Crippen molar-refractivity contribution < 1.29 is 13.6 Å². The normalized spacial score (nSPS) is 10.4. The monoisotopic (exact) mass is 471 g/mol. The first-order valence-corrected chi connectivity index (χ1v) is 7.54. The topological polar surface area (TPSA) is 29.1 Å². The number of rotatable bonds is 2. The van der Waals surface area contributed by atoms with Crippen LogP contribution in [0.15, 0.2) is 34.8 Å². The summed E-state index contributed by atoms with van der Waals surface area (Å²) in [5, 5.41) is 2.68. The van der Waals surface area contributed by atoms with Gasteiger partial charge in [-0.2, -0.15) is 0 Å². The molecule has 7 heteroatoms. The van der Waals surface area contributed by atoms with Crippen LogP contribution in [0.25, 0.3) is 0 Å². The van der Waals surface area contributed by atoms with E-state index >= 15 is 0 Å². The summed E-state index contributed by atoms with van der Waals surface area (Å²) in [6.45, 7) is 0. The van der Waals surface area contributed by atoms with Gasteiger partial charge in [-0.25, -0.2) is 8.78 Å². The number of carbonyl (C=O) groups is 1. The Morgan fingerprint density at radius 2 is 1.80 bits per heavy atom. The van der Waals surface area contributed by atoms with Crippen LogP contribution in [0.3, 0.4) is 0 Å². The molecular weight excluding hydrogens is 466 g/mol. The number of hydrogen-bond acceptors (Lipinski definition) is 1. The van der Waals surface area contributed by atoms with E-state index in [0.717, 1.165) is 15.7 Å². The molecule has 2 nitrogen and oxygen atoms in total. The Labute approximate surface area is 140 Å². The van der Waals surface area contributed by atoms with Gasteiger partial charge in [0.1, 0.15) is 17.2 Å². The zero-order chi connectivity index (χ0) is 14.9. The first-order chi connectivity index (χ1) is 9.38. The van der Waals surface area contributed by atoms with Gasteiger partial charge in [0, 0.05) is 8.04 Å². The molecule has 0 aromatic heterocycles. The van der Waals surface area contributed by atoms with Gasteiger partial charge < -0.3 is 5.32 Å². The third-order valence-electron chi connectivity index (χ3n) is 2.41. The van der Waals surface area contributed by atoms with E-state index in [1.807, 2.05) is 0 Å². The number of halogens is 5. The van der Waals surface area contributed by atoms with Gasteiger partial charge in [0.2, 0.25) is 0 Å². The van der Waals surface area contributed by atoms with E-state index in [9.17, 15) is 13.6 Å². The number of anilines is 1. The highest BCUT2D eigenvalue weighted by atomic mass is 127. The molecule has 104 valence electrons. The molecule has 0 heterocycles. The summed E-state index contributed by atoms with van der Waals surface area (Å²) >= 11 is 11.0. The zero-order valence-electron chi connectivity index (χ0n) is 9.68. The van der Waals surface area contributed by atoms with E-state index in [1.54, 1.807) is 18.2 Å². The molecule has 0 aliphatic carbocycles. The molecule has 1 N–H and O–H groups in total. The zero-order valence-corrected chi connectivity index (χ0v) is 14.2. The molecule has 0 saturated carbocycles. The molecule has 0 aliphatic rings. The highest BCUT2D eigenvalue weighted by Gasteiger charge is 2.19. The molecule has 20 heavy (non-hydrogen) atoms. The van der Waals surface area contributed by atoms with Crippen LogP contribution in [-0.4, -0.2) is 5.91 Å². The van der Waals surface area contributed by atoms with Crippen LogP contribution < -0.4 is 5.32 Å². The minimum atomic E-state index is -0.948. The first kappa shape index (κ1) is 15.7. The third kappa shape index (κ3) is 3.48. The summed E-state index contributed by atoms with van der Waals surface area (Å²) in [5.74, 6) is -2.79. The summed E-state index contributed by atoms with van der Waals surface area (Å²) in [7, 11) is 0. The second kappa shape index (κ2) is 6.36. The van der Waals surface area contributed by atoms with E-state index in [1.165, 1.54) is 0 Å². The molecular formula is C13H6BrClF2INO. The van der Waals surface area contributed by atoms with Crippen molar-refractivity contribution in [3.8, 4) is 0 Å². The highest BCUT2D eigenvalue weighted by molar-refractivity contribution is 14.1. The Kier molecular flexibility index (Phi) is 4.98. The smallest absolute Gasteiger partial charge is 0.261 e. The fraction of sp³-hybridized carbons (Fsp3) is 0. The number of benzene rings is 2. The van der Waals surface area contributed by atoms with Crippen LogP contribution in [0.2, 0.25) is 5.02 Å². The van der Waals surface area contributed by atoms with Crippen LogP contribution in [0.5, 0.6) is 0 Å². The Morgan fingerprint density at radius 3 is 2.35 bits per heavy atom.